The van der Waals surface area contributed by atoms with E-state index in [1.807, 2.05) is 6.07 Å². The number of amides is 1. The lowest BCUT2D eigenvalue weighted by Gasteiger charge is -2.34. The number of hydrogen-bond donors (Lipinski definition) is 2. The second-order valence-corrected chi connectivity index (χ2v) is 5.58. The summed E-state index contributed by atoms with van der Waals surface area (Å²) in [6, 6.07) is 8.84. The van der Waals surface area contributed by atoms with Crippen molar-refractivity contribution >= 4 is 17.6 Å². The molecule has 0 radical (unpaired) electrons. The summed E-state index contributed by atoms with van der Waals surface area (Å²) in [6.07, 6.45) is 0.310. The van der Waals surface area contributed by atoms with Crippen molar-refractivity contribution in [3.63, 3.8) is 0 Å². The molecular weight excluding hydrogens is 322 g/mol. The third-order valence-corrected chi connectivity index (χ3v) is 4.34. The molecule has 2 heterocycles. The van der Waals surface area contributed by atoms with Gasteiger partial charge in [-0.05, 0) is 13.0 Å². The third-order valence-electron chi connectivity index (χ3n) is 4.34. The predicted octanol–water partition coefficient (Wildman–Crippen LogP) is 1.83. The summed E-state index contributed by atoms with van der Waals surface area (Å²) >= 11 is 0. The van der Waals surface area contributed by atoms with E-state index < -0.39 is 17.3 Å². The molecule has 1 amide bonds. The summed E-state index contributed by atoms with van der Waals surface area (Å²) in [5.41, 5.74) is 5.17. The maximum atomic E-state index is 13.1. The Morgan fingerprint density at radius 2 is 2.12 bits per heavy atom. The zero-order valence-electron chi connectivity index (χ0n) is 13.9. The lowest BCUT2D eigenvalue weighted by molar-refractivity contribution is -0.140. The summed E-state index contributed by atoms with van der Waals surface area (Å²) in [7, 11) is 0. The molecule has 25 heavy (non-hydrogen) atoms. The molecule has 3 N–H and O–H groups in total. The van der Waals surface area contributed by atoms with Gasteiger partial charge in [-0.3, -0.25) is 4.79 Å². The second kappa shape index (κ2) is 5.98. The average molecular weight is 339 g/mol. The van der Waals surface area contributed by atoms with E-state index in [0.29, 0.717) is 17.7 Å². The number of anilines is 1. The molecule has 0 unspecified atom stereocenters. The van der Waals surface area contributed by atoms with E-state index >= 15 is 0 Å². The Morgan fingerprint density at radius 3 is 2.76 bits per heavy atom. The average Bonchev–Trinajstić information content (AvgIpc) is 2.88. The molecule has 7 nitrogen and oxygen atoms in total. The number of ether oxygens (including phenoxy) is 2. The number of nitrogens with zero attached hydrogens (tertiary/aromatic N) is 1. The van der Waals surface area contributed by atoms with Gasteiger partial charge in [0.15, 0.2) is 5.41 Å². The zero-order chi connectivity index (χ0) is 18.2. The molecule has 0 saturated heterocycles. The van der Waals surface area contributed by atoms with Crippen molar-refractivity contribution in [1.29, 1.82) is 5.26 Å². The summed E-state index contributed by atoms with van der Waals surface area (Å²) in [5, 5.41) is 12.4. The minimum atomic E-state index is -1.66. The molecule has 1 aromatic carbocycles. The number of esters is 1. The smallest absolute Gasteiger partial charge is 0.339 e. The molecule has 0 saturated carbocycles. The fourth-order valence-corrected chi connectivity index (χ4v) is 3.37. The number of carbonyl (C=O) groups excluding carboxylic acids is 2. The highest BCUT2D eigenvalue weighted by atomic mass is 16.5. The highest BCUT2D eigenvalue weighted by molar-refractivity contribution is 6.17. The van der Waals surface area contributed by atoms with Crippen molar-refractivity contribution in [1.82, 2.24) is 0 Å². The molecule has 0 bridgehead atoms. The lowest BCUT2D eigenvalue weighted by atomic mass is 9.68. The van der Waals surface area contributed by atoms with Crippen molar-refractivity contribution in [2.75, 3.05) is 11.9 Å². The van der Waals surface area contributed by atoms with Gasteiger partial charge < -0.3 is 20.5 Å². The fraction of sp³-hybridized carbons (Fsp3) is 0.278. The highest BCUT2D eigenvalue weighted by Gasteiger charge is 2.59. The second-order valence-electron chi connectivity index (χ2n) is 5.58. The monoisotopic (exact) mass is 339 g/mol. The van der Waals surface area contributed by atoms with Crippen LogP contribution in [-0.2, 0) is 24.5 Å². The normalized spacial score (nSPS) is 21.6. The molecule has 3 rings (SSSR count). The molecule has 7 heteroatoms. The minimum Gasteiger partial charge on any atom is -0.462 e. The number of para-hydroxylation sites is 1. The Morgan fingerprint density at radius 1 is 1.40 bits per heavy atom. The predicted molar refractivity (Wildman–Crippen MR) is 88.6 cm³/mol. The van der Waals surface area contributed by atoms with E-state index in [1.165, 1.54) is 0 Å². The summed E-state index contributed by atoms with van der Waals surface area (Å²) in [5.74, 6) is -1.18. The zero-order valence-corrected chi connectivity index (χ0v) is 13.9. The molecule has 1 atom stereocenters. The highest BCUT2D eigenvalue weighted by Crippen LogP contribution is 2.52. The maximum Gasteiger partial charge on any atom is 0.339 e. The van der Waals surface area contributed by atoms with Crippen molar-refractivity contribution in [2.24, 2.45) is 5.73 Å². The van der Waals surface area contributed by atoms with Gasteiger partial charge in [-0.1, -0.05) is 25.1 Å². The lowest BCUT2D eigenvalue weighted by Crippen LogP contribution is -2.46. The van der Waals surface area contributed by atoms with Gasteiger partial charge in [0, 0.05) is 17.7 Å². The van der Waals surface area contributed by atoms with Gasteiger partial charge in [0.1, 0.15) is 23.0 Å². The Balaban J connectivity index is 2.41. The van der Waals surface area contributed by atoms with E-state index in [2.05, 4.69) is 5.32 Å². The fourth-order valence-electron chi connectivity index (χ4n) is 3.37. The molecule has 1 aromatic rings. The molecule has 0 aliphatic carbocycles. The number of benzene rings is 1. The Labute approximate surface area is 144 Å². The van der Waals surface area contributed by atoms with E-state index in [-0.39, 0.29) is 29.4 Å². The number of fused-ring (bicyclic) bond motifs is 2. The van der Waals surface area contributed by atoms with E-state index in [0.717, 1.165) is 0 Å². The van der Waals surface area contributed by atoms with Crippen LogP contribution >= 0.6 is 0 Å². The van der Waals surface area contributed by atoms with Gasteiger partial charge in [-0.25, -0.2) is 4.79 Å². The first-order valence-electron chi connectivity index (χ1n) is 7.92. The first-order valence-corrected chi connectivity index (χ1v) is 7.92. The van der Waals surface area contributed by atoms with Gasteiger partial charge in [0.2, 0.25) is 11.8 Å². The van der Waals surface area contributed by atoms with Crippen LogP contribution in [0.3, 0.4) is 0 Å². The summed E-state index contributed by atoms with van der Waals surface area (Å²) in [6.45, 7) is 3.56. The minimum absolute atomic E-state index is 0.00468. The van der Waals surface area contributed by atoms with Crippen LogP contribution in [0.4, 0.5) is 5.69 Å². The van der Waals surface area contributed by atoms with E-state index in [9.17, 15) is 14.9 Å². The first-order chi connectivity index (χ1) is 12.0. The van der Waals surface area contributed by atoms with Crippen LogP contribution in [0.1, 0.15) is 25.8 Å². The van der Waals surface area contributed by atoms with Crippen molar-refractivity contribution in [2.45, 2.75) is 25.7 Å². The SMILES string of the molecule is CCOC(=O)C1=C(CC)OC(N)=C(C#N)[C@]12C(=O)Nc1ccccc12. The van der Waals surface area contributed by atoms with Crippen LogP contribution in [0.5, 0.6) is 0 Å². The van der Waals surface area contributed by atoms with Crippen LogP contribution in [0, 0.1) is 11.3 Å². The van der Waals surface area contributed by atoms with Gasteiger partial charge in [0.05, 0.1) is 6.61 Å². The summed E-state index contributed by atoms with van der Waals surface area (Å²) < 4.78 is 10.7. The van der Waals surface area contributed by atoms with Crippen LogP contribution in [0.2, 0.25) is 0 Å². The van der Waals surface area contributed by atoms with Gasteiger partial charge in [0.25, 0.3) is 0 Å². The molecule has 2 aliphatic heterocycles. The van der Waals surface area contributed by atoms with Crippen LogP contribution in [0.15, 0.2) is 47.1 Å². The van der Waals surface area contributed by atoms with Crippen LogP contribution < -0.4 is 11.1 Å². The van der Waals surface area contributed by atoms with Crippen molar-refractivity contribution < 1.29 is 19.1 Å². The number of nitriles is 1. The Hall–Kier alpha value is -3.27. The maximum absolute atomic E-state index is 13.1. The number of rotatable bonds is 3. The molecular formula is C18H17N3O4. The van der Waals surface area contributed by atoms with E-state index in [1.54, 1.807) is 38.1 Å². The number of allylic oxidation sites excluding steroid dienone is 1. The number of nitrogens with two attached hydrogens (primary N) is 1. The topological polar surface area (TPSA) is 114 Å². The van der Waals surface area contributed by atoms with Crippen LogP contribution in [0.25, 0.3) is 0 Å². The third kappa shape index (κ3) is 2.11. The number of carbonyl (C=O) groups is 2. The molecule has 0 fully saturated rings. The molecule has 0 aromatic heterocycles. The standard InChI is InChI=1S/C18H17N3O4/c1-3-13-14(16(22)24-4-2)18(11(9-19)15(20)25-13)10-7-5-6-8-12(10)21-17(18)23/h5-8H,3-4,20H2,1-2H3,(H,21,23)/t18-/m0/s1. The number of hydrogen-bond acceptors (Lipinski definition) is 6. The molecule has 2 aliphatic rings. The van der Waals surface area contributed by atoms with Crippen molar-refractivity contribution in [3.05, 3.63) is 52.6 Å². The van der Waals surface area contributed by atoms with Gasteiger partial charge in [-0.2, -0.15) is 5.26 Å². The number of nitrogens with one attached hydrogen (secondary N) is 1. The van der Waals surface area contributed by atoms with Crippen molar-refractivity contribution in [3.8, 4) is 6.07 Å². The Kier molecular flexibility index (Phi) is 3.97. The van der Waals surface area contributed by atoms with E-state index in [4.69, 9.17) is 15.2 Å². The quantitative estimate of drug-likeness (QED) is 0.812. The van der Waals surface area contributed by atoms with Gasteiger partial charge in [-0.15, -0.1) is 0 Å². The largest absolute Gasteiger partial charge is 0.462 e. The molecule has 128 valence electrons. The first kappa shape index (κ1) is 16.6. The molecule has 1 spiro atoms. The Bertz CT molecular complexity index is 879. The van der Waals surface area contributed by atoms with Gasteiger partial charge >= 0.3 is 5.97 Å². The van der Waals surface area contributed by atoms with Crippen LogP contribution in [-0.4, -0.2) is 18.5 Å². The summed E-state index contributed by atoms with van der Waals surface area (Å²) in [4.78, 5) is 25.8.